The summed E-state index contributed by atoms with van der Waals surface area (Å²) in [4.78, 5) is 14.9. The predicted octanol–water partition coefficient (Wildman–Crippen LogP) is 3.00. The minimum absolute atomic E-state index is 0.350. The molecule has 2 aromatic carbocycles. The van der Waals surface area contributed by atoms with Crippen molar-refractivity contribution in [3.63, 3.8) is 0 Å². The van der Waals surface area contributed by atoms with Gasteiger partial charge in [0.25, 0.3) is 5.91 Å². The summed E-state index contributed by atoms with van der Waals surface area (Å²) < 4.78 is 5.44. The van der Waals surface area contributed by atoms with Gasteiger partial charge < -0.3 is 15.2 Å². The van der Waals surface area contributed by atoms with Gasteiger partial charge in [-0.2, -0.15) is 0 Å². The molecule has 1 amide bonds. The van der Waals surface area contributed by atoms with Crippen LogP contribution in [0.3, 0.4) is 0 Å². The summed E-state index contributed by atoms with van der Waals surface area (Å²) in [5.41, 5.74) is 1.32. The summed E-state index contributed by atoms with van der Waals surface area (Å²) in [5, 5.41) is 14.6. The number of aliphatic hydroxyl groups is 1. The van der Waals surface area contributed by atoms with Crippen molar-refractivity contribution in [1.29, 1.82) is 0 Å². The maximum absolute atomic E-state index is 12.6. The first-order chi connectivity index (χ1) is 13.5. The number of benzene rings is 2. The maximum Gasteiger partial charge on any atom is 0.257 e. The first-order valence-electron chi connectivity index (χ1n) is 9.68. The molecule has 4 rings (SSSR count). The number of likely N-dealkylation sites (tertiary alicyclic amines) is 1. The summed E-state index contributed by atoms with van der Waals surface area (Å²) in [5.74, 6) is -0.350. The summed E-state index contributed by atoms with van der Waals surface area (Å²) in [7, 11) is 3.59. The van der Waals surface area contributed by atoms with E-state index >= 15 is 0 Å². The normalized spacial score (nSPS) is 27.8. The minimum atomic E-state index is -1.55. The fourth-order valence-electron chi connectivity index (χ4n) is 4.30. The van der Waals surface area contributed by atoms with E-state index in [1.807, 2.05) is 48.5 Å². The van der Waals surface area contributed by atoms with Gasteiger partial charge in [0.05, 0.1) is 0 Å². The zero-order valence-corrected chi connectivity index (χ0v) is 16.3. The first kappa shape index (κ1) is 18.9. The third-order valence-corrected chi connectivity index (χ3v) is 5.87. The number of hydrogen-bond acceptors (Lipinski definition) is 4. The Morgan fingerprint density at radius 2 is 2.04 bits per heavy atom. The minimum Gasteiger partial charge on any atom is -0.377 e. The van der Waals surface area contributed by atoms with Crippen molar-refractivity contribution in [3.05, 3.63) is 71.3 Å². The molecule has 1 fully saturated rings. The second kappa shape index (κ2) is 7.51. The monoisotopic (exact) mass is 378 g/mol. The molecule has 0 saturated carbocycles. The Morgan fingerprint density at radius 1 is 1.25 bits per heavy atom. The van der Waals surface area contributed by atoms with Crippen molar-refractivity contribution >= 4 is 17.7 Å². The number of amides is 1. The molecule has 0 bridgehead atoms. The van der Waals surface area contributed by atoms with E-state index in [4.69, 9.17) is 4.74 Å². The van der Waals surface area contributed by atoms with E-state index in [1.165, 1.54) is 13.5 Å². The Hall–Kier alpha value is -2.47. The molecule has 146 valence electrons. The number of fused-ring (bicyclic) bond motifs is 1. The number of nitrogens with one attached hydrogen (secondary N) is 1. The van der Waals surface area contributed by atoms with Crippen molar-refractivity contribution < 1.29 is 14.6 Å². The topological polar surface area (TPSA) is 61.8 Å². The van der Waals surface area contributed by atoms with Crippen molar-refractivity contribution in [2.24, 2.45) is 0 Å². The van der Waals surface area contributed by atoms with Crippen LogP contribution in [0.25, 0.3) is 6.08 Å². The van der Waals surface area contributed by atoms with Gasteiger partial charge in [-0.15, -0.1) is 0 Å². The van der Waals surface area contributed by atoms with E-state index in [2.05, 4.69) is 29.4 Å². The van der Waals surface area contributed by atoms with Crippen molar-refractivity contribution in [1.82, 2.24) is 4.90 Å². The van der Waals surface area contributed by atoms with Crippen LogP contribution in [0.2, 0.25) is 0 Å². The molecule has 5 nitrogen and oxygen atoms in total. The summed E-state index contributed by atoms with van der Waals surface area (Å²) in [6, 6.07) is 15.4. The molecule has 2 aliphatic rings. The molecule has 2 N–H and O–H groups in total. The Morgan fingerprint density at radius 3 is 2.71 bits per heavy atom. The van der Waals surface area contributed by atoms with Gasteiger partial charge in [-0.25, -0.2) is 0 Å². The molecule has 3 unspecified atom stereocenters. The number of hydrogen-bond donors (Lipinski definition) is 2. The number of anilines is 1. The molecule has 2 aliphatic heterocycles. The highest BCUT2D eigenvalue weighted by Crippen LogP contribution is 2.42. The van der Waals surface area contributed by atoms with E-state index in [9.17, 15) is 9.90 Å². The van der Waals surface area contributed by atoms with Gasteiger partial charge in [-0.1, -0.05) is 48.6 Å². The van der Waals surface area contributed by atoms with E-state index in [1.54, 1.807) is 0 Å². The molecule has 2 aromatic rings. The second-order valence-electron chi connectivity index (χ2n) is 7.59. The van der Waals surface area contributed by atoms with Crippen molar-refractivity contribution in [3.8, 4) is 0 Å². The number of rotatable bonds is 4. The van der Waals surface area contributed by atoms with E-state index in [0.717, 1.165) is 18.5 Å². The quantitative estimate of drug-likeness (QED) is 0.859. The fourth-order valence-corrected chi connectivity index (χ4v) is 4.30. The second-order valence-corrected chi connectivity index (χ2v) is 7.59. The van der Waals surface area contributed by atoms with Crippen molar-refractivity contribution in [2.45, 2.75) is 30.6 Å². The highest BCUT2D eigenvalue weighted by atomic mass is 16.5. The van der Waals surface area contributed by atoms with Gasteiger partial charge in [-0.3, -0.25) is 9.69 Å². The number of carbonyl (C=O) groups is 1. The van der Waals surface area contributed by atoms with Gasteiger partial charge in [0.15, 0.2) is 11.7 Å². The number of carbonyl (C=O) groups excluding carboxylic acids is 1. The van der Waals surface area contributed by atoms with Crippen LogP contribution in [0.1, 0.15) is 29.5 Å². The van der Waals surface area contributed by atoms with Crippen LogP contribution in [0, 0.1) is 0 Å². The number of nitrogens with zero attached hydrogens (tertiary/aromatic N) is 1. The van der Waals surface area contributed by atoms with E-state index in [0.29, 0.717) is 22.9 Å². The highest BCUT2D eigenvalue weighted by Gasteiger charge is 2.49. The highest BCUT2D eigenvalue weighted by molar-refractivity contribution is 5.99. The summed E-state index contributed by atoms with van der Waals surface area (Å²) in [6.07, 6.45) is 5.66. The number of likely N-dealkylation sites (N-methyl/N-ethyl adjacent to an activating group) is 1. The lowest BCUT2D eigenvalue weighted by molar-refractivity contribution is -0.142. The van der Waals surface area contributed by atoms with E-state index < -0.39 is 11.7 Å². The Kier molecular flexibility index (Phi) is 5.06. The average molecular weight is 378 g/mol. The Labute approximate surface area is 165 Å². The predicted molar refractivity (Wildman–Crippen MR) is 110 cm³/mol. The molecule has 2 heterocycles. The van der Waals surface area contributed by atoms with Gasteiger partial charge in [0.1, 0.15) is 0 Å². The van der Waals surface area contributed by atoms with Crippen LogP contribution in [0.15, 0.2) is 54.6 Å². The Balaban J connectivity index is 1.78. The van der Waals surface area contributed by atoms with Crippen LogP contribution in [-0.4, -0.2) is 48.8 Å². The molecule has 0 radical (unpaired) electrons. The van der Waals surface area contributed by atoms with Crippen LogP contribution < -0.4 is 5.32 Å². The third-order valence-electron chi connectivity index (χ3n) is 5.87. The standard InChI is InChI=1S/C23H26N2O3/c1-25-14-6-9-18(25)12-10-16-11-13-20-19(15-16)23(27,17-7-4-3-5-8-17)21(28-2)22(26)24-20/h3-5,7-8,10-13,15,18,21,27H,6,9,14H2,1-2H3,(H,24,26)/b12-10+. The van der Waals surface area contributed by atoms with Gasteiger partial charge >= 0.3 is 0 Å². The number of methoxy groups -OCH3 is 1. The molecular weight excluding hydrogens is 352 g/mol. The van der Waals surface area contributed by atoms with Crippen LogP contribution >= 0.6 is 0 Å². The molecule has 0 aromatic heterocycles. The van der Waals surface area contributed by atoms with Crippen LogP contribution in [0.4, 0.5) is 5.69 Å². The summed E-state index contributed by atoms with van der Waals surface area (Å²) in [6.45, 7) is 1.12. The average Bonchev–Trinajstić information content (AvgIpc) is 3.12. The zero-order valence-electron chi connectivity index (χ0n) is 16.3. The molecule has 1 saturated heterocycles. The zero-order chi connectivity index (χ0) is 19.7. The molecular formula is C23H26N2O3. The lowest BCUT2D eigenvalue weighted by atomic mass is 9.77. The molecule has 0 spiro atoms. The maximum atomic E-state index is 12.6. The van der Waals surface area contributed by atoms with Crippen LogP contribution in [-0.2, 0) is 15.1 Å². The first-order valence-corrected chi connectivity index (χ1v) is 9.68. The largest absolute Gasteiger partial charge is 0.377 e. The molecule has 5 heteroatoms. The van der Waals surface area contributed by atoms with Crippen molar-refractivity contribution in [2.75, 3.05) is 26.0 Å². The van der Waals surface area contributed by atoms with E-state index in [-0.39, 0.29) is 5.91 Å². The van der Waals surface area contributed by atoms with Gasteiger partial charge in [0.2, 0.25) is 0 Å². The van der Waals surface area contributed by atoms with Gasteiger partial charge in [-0.05, 0) is 49.7 Å². The Bertz CT molecular complexity index is 896. The smallest absolute Gasteiger partial charge is 0.257 e. The molecule has 3 atom stereocenters. The lowest BCUT2D eigenvalue weighted by Gasteiger charge is -2.40. The van der Waals surface area contributed by atoms with Crippen LogP contribution in [0.5, 0.6) is 0 Å². The molecule has 28 heavy (non-hydrogen) atoms. The third kappa shape index (κ3) is 3.15. The fraction of sp³-hybridized carbons (Fsp3) is 0.348. The number of ether oxygens (including phenoxy) is 1. The SMILES string of the molecule is COC1C(=O)Nc2ccc(/C=C/C3CCCN3C)cc2C1(O)c1ccccc1. The summed E-state index contributed by atoms with van der Waals surface area (Å²) >= 11 is 0. The van der Waals surface area contributed by atoms with Gasteiger partial charge in [0, 0.05) is 24.4 Å². The lowest BCUT2D eigenvalue weighted by Crippen LogP contribution is -2.52. The molecule has 0 aliphatic carbocycles.